The van der Waals surface area contributed by atoms with E-state index in [1.54, 1.807) is 0 Å². The minimum atomic E-state index is 0.403. The molecule has 112 valence electrons. The summed E-state index contributed by atoms with van der Waals surface area (Å²) in [6.45, 7) is 9.69. The molecule has 1 nitrogen and oxygen atoms in total. The van der Waals surface area contributed by atoms with Gasteiger partial charge in [-0.25, -0.2) is 0 Å². The molecule has 0 heterocycles. The van der Waals surface area contributed by atoms with Gasteiger partial charge in [-0.1, -0.05) is 48.4 Å². The average molecular weight is 299 g/mol. The molecule has 0 fully saturated rings. The molecule has 0 saturated carbocycles. The summed E-state index contributed by atoms with van der Waals surface area (Å²) < 4.78 is 0. The molecule has 0 bridgehead atoms. The predicted octanol–water partition coefficient (Wildman–Crippen LogP) is 5.05. The lowest BCUT2D eigenvalue weighted by molar-refractivity contribution is 0.603. The molecule has 2 aromatic rings. The van der Waals surface area contributed by atoms with E-state index in [2.05, 4.69) is 75.5 Å². The van der Waals surface area contributed by atoms with Crippen LogP contribution in [0.4, 0.5) is 0 Å². The lowest BCUT2D eigenvalue weighted by atomic mass is 10.00. The third-order valence-electron chi connectivity index (χ3n) is 3.67. The lowest BCUT2D eigenvalue weighted by Gasteiger charge is -2.21. The van der Waals surface area contributed by atoms with Crippen molar-refractivity contribution < 1.29 is 0 Å². The molecular formula is C19H25NS. The van der Waals surface area contributed by atoms with Crippen molar-refractivity contribution in [1.29, 1.82) is 0 Å². The third-order valence-corrected chi connectivity index (χ3v) is 4.75. The van der Waals surface area contributed by atoms with Crippen LogP contribution in [0.5, 0.6) is 0 Å². The van der Waals surface area contributed by atoms with Crippen LogP contribution < -0.4 is 5.32 Å². The second-order valence-electron chi connectivity index (χ2n) is 5.60. The van der Waals surface area contributed by atoms with Crippen molar-refractivity contribution in [2.45, 2.75) is 38.6 Å². The summed E-state index contributed by atoms with van der Waals surface area (Å²) in [5.41, 5.74) is 5.46. The number of aryl methyl sites for hydroxylation is 3. The zero-order valence-electron chi connectivity index (χ0n) is 13.4. The second-order valence-corrected chi connectivity index (χ2v) is 6.69. The largest absolute Gasteiger partial charge is 0.309 e. The van der Waals surface area contributed by atoms with Gasteiger partial charge in [0.15, 0.2) is 0 Å². The topological polar surface area (TPSA) is 12.0 Å². The molecule has 0 aromatic heterocycles. The fraction of sp³-hybridized carbons (Fsp3) is 0.368. The van der Waals surface area contributed by atoms with Crippen molar-refractivity contribution in [1.82, 2.24) is 5.32 Å². The van der Waals surface area contributed by atoms with E-state index in [0.717, 1.165) is 12.3 Å². The van der Waals surface area contributed by atoms with E-state index in [9.17, 15) is 0 Å². The standard InChI is InChI=1S/C19H25NS/c1-5-20-19(18-12-15(3)9-10-16(18)4)13-21-17-8-6-7-14(2)11-17/h6-12,19-20H,5,13H2,1-4H3. The van der Waals surface area contributed by atoms with E-state index >= 15 is 0 Å². The molecule has 1 atom stereocenters. The molecule has 0 radical (unpaired) electrons. The predicted molar refractivity (Wildman–Crippen MR) is 94.2 cm³/mol. The molecule has 0 aliphatic rings. The number of hydrogen-bond donors (Lipinski definition) is 1. The van der Waals surface area contributed by atoms with E-state index in [1.807, 2.05) is 11.8 Å². The Labute approximate surface area is 133 Å². The van der Waals surface area contributed by atoms with Crippen LogP contribution in [0.2, 0.25) is 0 Å². The van der Waals surface area contributed by atoms with Gasteiger partial charge in [0.1, 0.15) is 0 Å². The van der Waals surface area contributed by atoms with Gasteiger partial charge in [0.25, 0.3) is 0 Å². The minimum absolute atomic E-state index is 0.403. The summed E-state index contributed by atoms with van der Waals surface area (Å²) >= 11 is 1.93. The molecule has 1 unspecified atom stereocenters. The zero-order valence-corrected chi connectivity index (χ0v) is 14.3. The lowest BCUT2D eigenvalue weighted by Crippen LogP contribution is -2.23. The summed E-state index contributed by atoms with van der Waals surface area (Å²) in [4.78, 5) is 1.35. The summed E-state index contributed by atoms with van der Waals surface area (Å²) in [6.07, 6.45) is 0. The van der Waals surface area contributed by atoms with E-state index < -0.39 is 0 Å². The van der Waals surface area contributed by atoms with Crippen LogP contribution in [0.25, 0.3) is 0 Å². The number of nitrogens with one attached hydrogen (secondary N) is 1. The van der Waals surface area contributed by atoms with Gasteiger partial charge in [-0.3, -0.25) is 0 Å². The molecule has 2 heteroatoms. The normalized spacial score (nSPS) is 12.4. The Hall–Kier alpha value is -1.25. The van der Waals surface area contributed by atoms with E-state index in [0.29, 0.717) is 6.04 Å². The van der Waals surface area contributed by atoms with Gasteiger partial charge in [-0.2, -0.15) is 0 Å². The highest BCUT2D eigenvalue weighted by Gasteiger charge is 2.13. The first-order valence-electron chi connectivity index (χ1n) is 7.60. The van der Waals surface area contributed by atoms with E-state index in [-0.39, 0.29) is 0 Å². The Balaban J connectivity index is 2.13. The maximum absolute atomic E-state index is 3.63. The van der Waals surface area contributed by atoms with Crippen LogP contribution in [0.15, 0.2) is 47.4 Å². The van der Waals surface area contributed by atoms with Crippen molar-refractivity contribution >= 4 is 11.8 Å². The Bertz CT molecular complexity index is 592. The van der Waals surface area contributed by atoms with Crippen molar-refractivity contribution in [3.05, 3.63) is 64.7 Å². The first-order chi connectivity index (χ1) is 10.1. The van der Waals surface area contributed by atoms with Crippen LogP contribution >= 0.6 is 11.8 Å². The monoisotopic (exact) mass is 299 g/mol. The molecule has 0 spiro atoms. The Morgan fingerprint density at radius 3 is 2.48 bits per heavy atom. The first kappa shape index (κ1) is 16.1. The Kier molecular flexibility index (Phi) is 5.89. The van der Waals surface area contributed by atoms with Gasteiger partial charge in [-0.05, 0) is 50.6 Å². The molecule has 0 aliphatic carbocycles. The van der Waals surface area contributed by atoms with Crippen LogP contribution in [-0.2, 0) is 0 Å². The van der Waals surface area contributed by atoms with Gasteiger partial charge in [-0.15, -0.1) is 11.8 Å². The summed E-state index contributed by atoms with van der Waals surface area (Å²) in [7, 11) is 0. The number of benzene rings is 2. The fourth-order valence-electron chi connectivity index (χ4n) is 2.53. The van der Waals surface area contributed by atoms with Crippen molar-refractivity contribution in [3.63, 3.8) is 0 Å². The van der Waals surface area contributed by atoms with E-state index in [1.165, 1.54) is 27.1 Å². The Morgan fingerprint density at radius 2 is 1.76 bits per heavy atom. The van der Waals surface area contributed by atoms with Crippen molar-refractivity contribution in [2.24, 2.45) is 0 Å². The van der Waals surface area contributed by atoms with Gasteiger partial charge in [0.2, 0.25) is 0 Å². The minimum Gasteiger partial charge on any atom is -0.309 e. The van der Waals surface area contributed by atoms with Gasteiger partial charge >= 0.3 is 0 Å². The highest BCUT2D eigenvalue weighted by atomic mass is 32.2. The fourth-order valence-corrected chi connectivity index (χ4v) is 3.63. The summed E-state index contributed by atoms with van der Waals surface area (Å²) in [5.74, 6) is 1.06. The van der Waals surface area contributed by atoms with Crippen LogP contribution in [0.1, 0.15) is 35.2 Å². The highest BCUT2D eigenvalue weighted by molar-refractivity contribution is 7.99. The van der Waals surface area contributed by atoms with Crippen molar-refractivity contribution in [2.75, 3.05) is 12.3 Å². The molecule has 2 aromatic carbocycles. The van der Waals surface area contributed by atoms with Crippen LogP contribution in [-0.4, -0.2) is 12.3 Å². The zero-order chi connectivity index (χ0) is 15.2. The number of thioether (sulfide) groups is 1. The van der Waals surface area contributed by atoms with Gasteiger partial charge < -0.3 is 5.32 Å². The first-order valence-corrected chi connectivity index (χ1v) is 8.58. The smallest absolute Gasteiger partial charge is 0.0418 e. The molecule has 2 rings (SSSR count). The number of hydrogen-bond acceptors (Lipinski definition) is 2. The van der Waals surface area contributed by atoms with Gasteiger partial charge in [0.05, 0.1) is 0 Å². The quantitative estimate of drug-likeness (QED) is 0.749. The molecule has 1 N–H and O–H groups in total. The highest BCUT2D eigenvalue weighted by Crippen LogP contribution is 2.27. The molecule has 0 saturated heterocycles. The van der Waals surface area contributed by atoms with Crippen LogP contribution in [0, 0.1) is 20.8 Å². The van der Waals surface area contributed by atoms with Crippen molar-refractivity contribution in [3.8, 4) is 0 Å². The maximum Gasteiger partial charge on any atom is 0.0418 e. The number of rotatable bonds is 6. The maximum atomic E-state index is 3.63. The van der Waals surface area contributed by atoms with E-state index in [4.69, 9.17) is 0 Å². The third kappa shape index (κ3) is 4.62. The summed E-state index contributed by atoms with van der Waals surface area (Å²) in [6, 6.07) is 15.9. The SMILES string of the molecule is CCNC(CSc1cccc(C)c1)c1cc(C)ccc1C. The molecule has 0 amide bonds. The second kappa shape index (κ2) is 7.67. The van der Waals surface area contributed by atoms with Crippen LogP contribution in [0.3, 0.4) is 0 Å². The molecular weight excluding hydrogens is 274 g/mol. The summed E-state index contributed by atoms with van der Waals surface area (Å²) in [5, 5.41) is 3.63. The van der Waals surface area contributed by atoms with Gasteiger partial charge in [0, 0.05) is 16.7 Å². The molecule has 21 heavy (non-hydrogen) atoms. The average Bonchev–Trinajstić information content (AvgIpc) is 2.46. The Morgan fingerprint density at radius 1 is 1.00 bits per heavy atom. The molecule has 0 aliphatic heterocycles.